The fraction of sp³-hybridized carbons (Fsp3) is 0.471. The van der Waals surface area contributed by atoms with Gasteiger partial charge in [-0.25, -0.2) is 4.79 Å². The van der Waals surface area contributed by atoms with Crippen LogP contribution in [-0.4, -0.2) is 43.7 Å². The van der Waals surface area contributed by atoms with E-state index >= 15 is 0 Å². The molecule has 1 atom stereocenters. The molecule has 3 heterocycles. The minimum absolute atomic E-state index is 0.0699. The van der Waals surface area contributed by atoms with Gasteiger partial charge in [0.15, 0.2) is 0 Å². The Balaban J connectivity index is 1.54. The number of hydrogen-bond donors (Lipinski definition) is 0. The number of esters is 1. The smallest absolute Gasteiger partial charge is 0.331 e. The van der Waals surface area contributed by atoms with Crippen LogP contribution in [0.1, 0.15) is 18.4 Å². The number of methoxy groups -OCH3 is 1. The number of carbonyl (C=O) groups is 1. The molecule has 0 amide bonds. The molecule has 3 aliphatic rings. The van der Waals surface area contributed by atoms with Gasteiger partial charge in [0.05, 0.1) is 7.11 Å². The van der Waals surface area contributed by atoms with Gasteiger partial charge in [-0.1, -0.05) is 12.1 Å². The number of nitrogens with zero attached hydrogens (tertiary/aromatic N) is 1. The zero-order valence-electron chi connectivity index (χ0n) is 12.3. The highest BCUT2D eigenvalue weighted by Crippen LogP contribution is 2.29. The highest BCUT2D eigenvalue weighted by molar-refractivity contribution is 5.87. The fourth-order valence-corrected chi connectivity index (χ4v) is 3.11. The summed E-state index contributed by atoms with van der Waals surface area (Å²) in [6.45, 7) is 3.20. The van der Waals surface area contributed by atoms with Gasteiger partial charge in [-0.2, -0.15) is 0 Å². The van der Waals surface area contributed by atoms with Crippen LogP contribution in [-0.2, 0) is 9.53 Å². The highest BCUT2D eigenvalue weighted by atomic mass is 16.5. The standard InChI is InChI=1S/C17H21NO3/c1-20-15-5-2-13(3-6-15)4-7-17(19)21-16-12-18-10-8-14(16)9-11-18/h2-7,14,16H,8-12H2,1H3/t16-/m0/s1. The van der Waals surface area contributed by atoms with Crippen molar-refractivity contribution in [2.24, 2.45) is 5.92 Å². The third-order valence-electron chi connectivity index (χ3n) is 4.39. The molecule has 0 saturated carbocycles. The number of carbonyl (C=O) groups excluding carboxylic acids is 1. The van der Waals surface area contributed by atoms with Crippen LogP contribution in [0.15, 0.2) is 30.3 Å². The Kier molecular flexibility index (Phi) is 4.25. The van der Waals surface area contributed by atoms with E-state index < -0.39 is 0 Å². The van der Waals surface area contributed by atoms with Crippen molar-refractivity contribution in [3.8, 4) is 5.75 Å². The second-order valence-electron chi connectivity index (χ2n) is 5.72. The number of piperidine rings is 3. The van der Waals surface area contributed by atoms with Crippen molar-refractivity contribution in [1.82, 2.24) is 4.90 Å². The molecule has 0 aliphatic carbocycles. The average Bonchev–Trinajstić information content (AvgIpc) is 2.54. The lowest BCUT2D eigenvalue weighted by Crippen LogP contribution is -2.51. The topological polar surface area (TPSA) is 38.8 Å². The van der Waals surface area contributed by atoms with Gasteiger partial charge in [0.25, 0.3) is 0 Å². The normalized spacial score (nSPS) is 27.8. The Morgan fingerprint density at radius 2 is 1.95 bits per heavy atom. The van der Waals surface area contributed by atoms with Gasteiger partial charge < -0.3 is 9.47 Å². The van der Waals surface area contributed by atoms with Gasteiger partial charge in [0.1, 0.15) is 11.9 Å². The molecule has 4 nitrogen and oxygen atoms in total. The Labute approximate surface area is 125 Å². The van der Waals surface area contributed by atoms with E-state index in [1.54, 1.807) is 13.2 Å². The molecule has 21 heavy (non-hydrogen) atoms. The summed E-state index contributed by atoms with van der Waals surface area (Å²) in [7, 11) is 1.64. The fourth-order valence-electron chi connectivity index (χ4n) is 3.11. The van der Waals surface area contributed by atoms with Gasteiger partial charge in [0.2, 0.25) is 0 Å². The zero-order valence-corrected chi connectivity index (χ0v) is 12.3. The van der Waals surface area contributed by atoms with E-state index in [1.807, 2.05) is 24.3 Å². The molecular formula is C17H21NO3. The molecule has 1 aromatic carbocycles. The van der Waals surface area contributed by atoms with Crippen molar-refractivity contribution in [2.45, 2.75) is 18.9 Å². The Morgan fingerprint density at radius 3 is 2.52 bits per heavy atom. The van der Waals surface area contributed by atoms with Crippen molar-refractivity contribution < 1.29 is 14.3 Å². The maximum Gasteiger partial charge on any atom is 0.331 e. The number of hydrogen-bond acceptors (Lipinski definition) is 4. The van der Waals surface area contributed by atoms with Crippen LogP contribution in [0.4, 0.5) is 0 Å². The SMILES string of the molecule is COc1ccc(C=CC(=O)O[C@H]2CN3CCC2CC3)cc1. The summed E-state index contributed by atoms with van der Waals surface area (Å²) in [4.78, 5) is 14.3. The van der Waals surface area contributed by atoms with E-state index in [0.29, 0.717) is 5.92 Å². The van der Waals surface area contributed by atoms with E-state index in [1.165, 1.54) is 6.08 Å². The van der Waals surface area contributed by atoms with Gasteiger partial charge in [0, 0.05) is 12.6 Å². The quantitative estimate of drug-likeness (QED) is 0.629. The van der Waals surface area contributed by atoms with Crippen molar-refractivity contribution in [2.75, 3.05) is 26.7 Å². The second-order valence-corrected chi connectivity index (χ2v) is 5.72. The Morgan fingerprint density at radius 1 is 1.24 bits per heavy atom. The predicted octanol–water partition coefficient (Wildman–Crippen LogP) is 2.35. The van der Waals surface area contributed by atoms with Crippen LogP contribution in [0.5, 0.6) is 5.75 Å². The lowest BCUT2D eigenvalue weighted by atomic mass is 9.86. The zero-order chi connectivity index (χ0) is 14.7. The first-order valence-electron chi connectivity index (χ1n) is 7.50. The Bertz CT molecular complexity index is 515. The summed E-state index contributed by atoms with van der Waals surface area (Å²) < 4.78 is 10.7. The summed E-state index contributed by atoms with van der Waals surface area (Å²) in [6, 6.07) is 7.57. The maximum atomic E-state index is 11.9. The molecule has 112 valence electrons. The molecular weight excluding hydrogens is 266 g/mol. The summed E-state index contributed by atoms with van der Waals surface area (Å²) in [5, 5.41) is 0. The first-order chi connectivity index (χ1) is 10.2. The summed E-state index contributed by atoms with van der Waals surface area (Å²) in [5.41, 5.74) is 0.960. The van der Waals surface area contributed by atoms with E-state index in [-0.39, 0.29) is 12.1 Å². The first kappa shape index (κ1) is 14.1. The predicted molar refractivity (Wildman–Crippen MR) is 81.1 cm³/mol. The molecule has 3 aliphatic heterocycles. The first-order valence-corrected chi connectivity index (χ1v) is 7.50. The van der Waals surface area contributed by atoms with Crippen LogP contribution in [0, 0.1) is 5.92 Å². The van der Waals surface area contributed by atoms with E-state index in [4.69, 9.17) is 9.47 Å². The molecule has 0 aromatic heterocycles. The molecule has 3 fully saturated rings. The van der Waals surface area contributed by atoms with Crippen LogP contribution in [0.3, 0.4) is 0 Å². The lowest BCUT2D eigenvalue weighted by molar-refractivity contribution is -0.152. The van der Waals surface area contributed by atoms with Gasteiger partial charge in [-0.05, 0) is 55.6 Å². The van der Waals surface area contributed by atoms with Crippen LogP contribution < -0.4 is 4.74 Å². The second kappa shape index (κ2) is 6.31. The van der Waals surface area contributed by atoms with E-state index in [0.717, 1.165) is 43.8 Å². The lowest BCUT2D eigenvalue weighted by Gasteiger charge is -2.43. The summed E-state index contributed by atoms with van der Waals surface area (Å²) in [5.74, 6) is 1.11. The molecule has 0 radical (unpaired) electrons. The number of rotatable bonds is 4. The van der Waals surface area contributed by atoms with E-state index in [2.05, 4.69) is 4.90 Å². The van der Waals surface area contributed by atoms with Crippen molar-refractivity contribution in [3.05, 3.63) is 35.9 Å². The van der Waals surface area contributed by atoms with Crippen molar-refractivity contribution >= 4 is 12.0 Å². The molecule has 4 rings (SSSR count). The van der Waals surface area contributed by atoms with Crippen LogP contribution in [0.25, 0.3) is 6.08 Å². The van der Waals surface area contributed by atoms with Gasteiger partial charge >= 0.3 is 5.97 Å². The minimum Gasteiger partial charge on any atom is -0.497 e. The number of ether oxygens (including phenoxy) is 2. The Hall–Kier alpha value is -1.81. The number of benzene rings is 1. The third kappa shape index (κ3) is 3.45. The maximum absolute atomic E-state index is 11.9. The molecule has 3 saturated heterocycles. The largest absolute Gasteiger partial charge is 0.497 e. The van der Waals surface area contributed by atoms with Gasteiger partial charge in [-0.15, -0.1) is 0 Å². The molecule has 0 N–H and O–H groups in total. The molecule has 0 spiro atoms. The van der Waals surface area contributed by atoms with E-state index in [9.17, 15) is 4.79 Å². The molecule has 4 heteroatoms. The summed E-state index contributed by atoms with van der Waals surface area (Å²) >= 11 is 0. The minimum atomic E-state index is -0.246. The van der Waals surface area contributed by atoms with Crippen LogP contribution in [0.2, 0.25) is 0 Å². The monoisotopic (exact) mass is 287 g/mol. The molecule has 0 unspecified atom stereocenters. The highest BCUT2D eigenvalue weighted by Gasteiger charge is 2.36. The third-order valence-corrected chi connectivity index (χ3v) is 4.39. The van der Waals surface area contributed by atoms with Gasteiger partial charge in [-0.3, -0.25) is 4.90 Å². The summed E-state index contributed by atoms with van der Waals surface area (Å²) in [6.07, 6.45) is 5.67. The van der Waals surface area contributed by atoms with Crippen LogP contribution >= 0.6 is 0 Å². The van der Waals surface area contributed by atoms with Crippen molar-refractivity contribution in [1.29, 1.82) is 0 Å². The molecule has 1 aromatic rings. The number of fused-ring (bicyclic) bond motifs is 3. The average molecular weight is 287 g/mol. The molecule has 2 bridgehead atoms. The van der Waals surface area contributed by atoms with Crippen molar-refractivity contribution in [3.63, 3.8) is 0 Å².